The highest BCUT2D eigenvalue weighted by Crippen LogP contribution is 2.31. The Bertz CT molecular complexity index is 931. The smallest absolute Gasteiger partial charge is 0.253 e. The highest BCUT2D eigenvalue weighted by Gasteiger charge is 2.26. The molecule has 1 saturated heterocycles. The lowest BCUT2D eigenvalue weighted by atomic mass is 9.86. The van der Waals surface area contributed by atoms with Gasteiger partial charge in [-0.05, 0) is 75.3 Å². The summed E-state index contributed by atoms with van der Waals surface area (Å²) in [7, 11) is 2.19. The molecule has 1 aromatic heterocycles. The number of carbonyl (C=O) groups excluding carboxylic acids is 1. The maximum absolute atomic E-state index is 12.9. The molecule has 1 N–H and O–H groups in total. The van der Waals surface area contributed by atoms with Crippen molar-refractivity contribution < 1.29 is 9.53 Å². The first-order chi connectivity index (χ1) is 15.7. The average Bonchev–Trinajstić information content (AvgIpc) is 3.33. The molecular formula is C26H34N4O2. The van der Waals surface area contributed by atoms with Crippen LogP contribution in [0.25, 0.3) is 0 Å². The maximum Gasteiger partial charge on any atom is 0.253 e. The Kier molecular flexibility index (Phi) is 6.30. The number of nitrogens with one attached hydrogen (secondary N) is 1. The maximum atomic E-state index is 12.9. The summed E-state index contributed by atoms with van der Waals surface area (Å²) in [5, 5.41) is 3.26. The van der Waals surface area contributed by atoms with E-state index < -0.39 is 0 Å². The van der Waals surface area contributed by atoms with Crippen LogP contribution >= 0.6 is 0 Å². The van der Waals surface area contributed by atoms with Gasteiger partial charge in [0.2, 0.25) is 5.88 Å². The minimum atomic E-state index is -0.0459. The van der Waals surface area contributed by atoms with Crippen LogP contribution in [0.3, 0.4) is 0 Å². The topological polar surface area (TPSA) is 57.7 Å². The molecule has 0 radical (unpaired) electrons. The molecule has 6 heteroatoms. The minimum absolute atomic E-state index is 0.0459. The molecule has 1 amide bonds. The van der Waals surface area contributed by atoms with Gasteiger partial charge in [-0.15, -0.1) is 0 Å². The number of piperazine rings is 1. The van der Waals surface area contributed by atoms with Crippen LogP contribution in [-0.4, -0.2) is 61.2 Å². The van der Waals surface area contributed by atoms with Gasteiger partial charge in [-0.2, -0.15) is 0 Å². The van der Waals surface area contributed by atoms with Crippen LogP contribution in [-0.2, 0) is 12.8 Å². The van der Waals surface area contributed by atoms with Crippen molar-refractivity contribution >= 4 is 11.6 Å². The van der Waals surface area contributed by atoms with Crippen LogP contribution < -0.4 is 15.0 Å². The number of aromatic nitrogens is 1. The molecule has 6 nitrogen and oxygen atoms in total. The van der Waals surface area contributed by atoms with Crippen LogP contribution in [0.15, 0.2) is 36.5 Å². The zero-order chi connectivity index (χ0) is 21.9. The van der Waals surface area contributed by atoms with Crippen LogP contribution in [0.4, 0.5) is 5.69 Å². The molecule has 1 atom stereocenters. The SMILES string of the molecule is CN1CCN(c2cccc3c2CC(NC(=O)c2ccc(OC4CCCC4)nc2)CC3)CC1. The summed E-state index contributed by atoms with van der Waals surface area (Å²) in [6.07, 6.45) is 9.45. The molecule has 32 heavy (non-hydrogen) atoms. The Morgan fingerprint density at radius 1 is 1.06 bits per heavy atom. The summed E-state index contributed by atoms with van der Waals surface area (Å²) < 4.78 is 5.93. The van der Waals surface area contributed by atoms with E-state index >= 15 is 0 Å². The number of hydrogen-bond donors (Lipinski definition) is 1. The Labute approximate surface area is 191 Å². The molecule has 1 saturated carbocycles. The van der Waals surface area contributed by atoms with Crippen molar-refractivity contribution in [3.8, 4) is 5.88 Å². The lowest BCUT2D eigenvalue weighted by Gasteiger charge is -2.37. The normalized spacial score (nSPS) is 21.9. The number of nitrogens with zero attached hydrogens (tertiary/aromatic N) is 3. The van der Waals surface area contributed by atoms with Crippen LogP contribution in [0.5, 0.6) is 5.88 Å². The van der Waals surface area contributed by atoms with Gasteiger partial charge in [0.05, 0.1) is 5.56 Å². The van der Waals surface area contributed by atoms with Crippen molar-refractivity contribution in [2.75, 3.05) is 38.1 Å². The number of aryl methyl sites for hydroxylation is 1. The second kappa shape index (κ2) is 9.49. The van der Waals surface area contributed by atoms with Gasteiger partial charge in [-0.3, -0.25) is 4.79 Å². The number of amides is 1. The second-order valence-electron chi connectivity index (χ2n) is 9.53. The fraction of sp³-hybridized carbons (Fsp3) is 0.538. The third kappa shape index (κ3) is 4.75. The van der Waals surface area contributed by atoms with E-state index in [2.05, 4.69) is 45.3 Å². The fourth-order valence-corrected chi connectivity index (χ4v) is 5.27. The van der Waals surface area contributed by atoms with Gasteiger partial charge in [0.15, 0.2) is 0 Å². The third-order valence-corrected chi connectivity index (χ3v) is 7.23. The van der Waals surface area contributed by atoms with Crippen molar-refractivity contribution in [3.63, 3.8) is 0 Å². The summed E-state index contributed by atoms with van der Waals surface area (Å²) in [6.45, 7) is 4.31. The molecule has 2 aromatic rings. The summed E-state index contributed by atoms with van der Waals surface area (Å²) in [5.74, 6) is 0.576. The first kappa shape index (κ1) is 21.3. The van der Waals surface area contributed by atoms with Crippen molar-refractivity contribution in [2.24, 2.45) is 0 Å². The number of hydrogen-bond acceptors (Lipinski definition) is 5. The number of rotatable bonds is 5. The molecule has 1 aliphatic heterocycles. The van der Waals surface area contributed by atoms with Gasteiger partial charge < -0.3 is 19.9 Å². The largest absolute Gasteiger partial charge is 0.474 e. The standard InChI is InChI=1S/C26H34N4O2/c1-29-13-15-30(16-14-29)24-8-4-5-19-9-11-21(17-23(19)24)28-26(31)20-10-12-25(27-18-20)32-22-6-2-3-7-22/h4-5,8,10,12,18,21-22H,2-3,6-7,9,11,13-17H2,1H3,(H,28,31). The van der Waals surface area contributed by atoms with Gasteiger partial charge in [0.1, 0.15) is 6.10 Å². The molecule has 0 bridgehead atoms. The molecule has 1 aromatic carbocycles. The second-order valence-corrected chi connectivity index (χ2v) is 9.53. The fourth-order valence-electron chi connectivity index (χ4n) is 5.27. The van der Waals surface area contributed by atoms with E-state index in [0.717, 1.165) is 58.3 Å². The highest BCUT2D eigenvalue weighted by molar-refractivity contribution is 5.94. The van der Waals surface area contributed by atoms with Crippen LogP contribution in [0.1, 0.15) is 53.6 Å². The number of pyridine rings is 1. The van der Waals surface area contributed by atoms with Crippen molar-refractivity contribution in [2.45, 2.75) is 57.1 Å². The van der Waals surface area contributed by atoms with Crippen LogP contribution in [0, 0.1) is 0 Å². The minimum Gasteiger partial charge on any atom is -0.474 e. The van der Waals surface area contributed by atoms with Gasteiger partial charge in [-0.1, -0.05) is 12.1 Å². The van der Waals surface area contributed by atoms with E-state index in [-0.39, 0.29) is 18.1 Å². The molecule has 3 aliphatic rings. The number of anilines is 1. The van der Waals surface area contributed by atoms with E-state index in [4.69, 9.17) is 4.74 Å². The molecule has 5 rings (SSSR count). The summed E-state index contributed by atoms with van der Waals surface area (Å²) in [4.78, 5) is 22.2. The van der Waals surface area contributed by atoms with E-state index in [1.807, 2.05) is 12.1 Å². The molecule has 0 spiro atoms. The van der Waals surface area contributed by atoms with E-state index in [0.29, 0.717) is 11.4 Å². The highest BCUT2D eigenvalue weighted by atomic mass is 16.5. The van der Waals surface area contributed by atoms with Gasteiger partial charge in [-0.25, -0.2) is 4.98 Å². The van der Waals surface area contributed by atoms with E-state index in [1.165, 1.54) is 29.7 Å². The molecular weight excluding hydrogens is 400 g/mol. The average molecular weight is 435 g/mol. The Hall–Kier alpha value is -2.60. The molecule has 1 unspecified atom stereocenters. The molecule has 2 heterocycles. The Morgan fingerprint density at radius 3 is 2.62 bits per heavy atom. The number of likely N-dealkylation sites (N-methyl/N-ethyl adjacent to an activating group) is 1. The van der Waals surface area contributed by atoms with Crippen molar-refractivity contribution in [3.05, 3.63) is 53.2 Å². The van der Waals surface area contributed by atoms with E-state index in [9.17, 15) is 4.79 Å². The molecule has 2 fully saturated rings. The van der Waals surface area contributed by atoms with Gasteiger partial charge in [0, 0.05) is 50.2 Å². The van der Waals surface area contributed by atoms with E-state index in [1.54, 1.807) is 6.20 Å². The predicted octanol–water partition coefficient (Wildman–Crippen LogP) is 3.44. The lowest BCUT2D eigenvalue weighted by Crippen LogP contribution is -2.45. The zero-order valence-electron chi connectivity index (χ0n) is 19.1. The van der Waals surface area contributed by atoms with Crippen LogP contribution in [0.2, 0.25) is 0 Å². The molecule has 170 valence electrons. The summed E-state index contributed by atoms with van der Waals surface area (Å²) >= 11 is 0. The summed E-state index contributed by atoms with van der Waals surface area (Å²) in [5.41, 5.74) is 4.79. The predicted molar refractivity (Wildman–Crippen MR) is 127 cm³/mol. The van der Waals surface area contributed by atoms with Crippen molar-refractivity contribution in [1.29, 1.82) is 0 Å². The van der Waals surface area contributed by atoms with Gasteiger partial charge >= 0.3 is 0 Å². The number of carbonyl (C=O) groups is 1. The first-order valence-electron chi connectivity index (χ1n) is 12.1. The number of ether oxygens (including phenoxy) is 1. The van der Waals surface area contributed by atoms with Gasteiger partial charge in [0.25, 0.3) is 5.91 Å². The first-order valence-corrected chi connectivity index (χ1v) is 12.1. The number of fused-ring (bicyclic) bond motifs is 1. The molecule has 2 aliphatic carbocycles. The Balaban J connectivity index is 1.22. The Morgan fingerprint density at radius 2 is 1.88 bits per heavy atom. The lowest BCUT2D eigenvalue weighted by molar-refractivity contribution is 0.0933. The monoisotopic (exact) mass is 434 g/mol. The quantitative estimate of drug-likeness (QED) is 0.781. The number of benzene rings is 1. The zero-order valence-corrected chi connectivity index (χ0v) is 19.1. The third-order valence-electron chi connectivity index (χ3n) is 7.23. The van der Waals surface area contributed by atoms with Crippen molar-refractivity contribution in [1.82, 2.24) is 15.2 Å². The summed E-state index contributed by atoms with van der Waals surface area (Å²) in [6, 6.07) is 10.5.